The standard InChI is InChI=1S/C14H26O2Si4/c1-17(2)11-9-13-14(10-12(11)18(3,4)15-17)20(7,8)16-19(13,5)6/h9-10H,1-8H3. The summed E-state index contributed by atoms with van der Waals surface area (Å²) in [6.07, 6.45) is 0. The number of hydrogen-bond acceptors (Lipinski definition) is 2. The highest BCUT2D eigenvalue weighted by atomic mass is 28.4. The predicted octanol–water partition coefficient (Wildman–Crippen LogP) is 1.40. The predicted molar refractivity (Wildman–Crippen MR) is 97.1 cm³/mol. The molecule has 0 aliphatic carbocycles. The molecule has 0 amide bonds. The summed E-state index contributed by atoms with van der Waals surface area (Å²) in [7, 11) is -6.82. The van der Waals surface area contributed by atoms with E-state index in [1.807, 2.05) is 0 Å². The second-order valence-corrected chi connectivity index (χ2v) is 24.1. The molecule has 2 aliphatic heterocycles. The lowest BCUT2D eigenvalue weighted by atomic mass is 10.3. The summed E-state index contributed by atoms with van der Waals surface area (Å²) in [6.45, 7) is 18.8. The van der Waals surface area contributed by atoms with Gasteiger partial charge in [0.05, 0.1) is 0 Å². The Morgan fingerprint density at radius 2 is 0.700 bits per heavy atom. The molecule has 0 fully saturated rings. The Balaban J connectivity index is 2.32. The molecule has 0 saturated carbocycles. The van der Waals surface area contributed by atoms with Crippen molar-refractivity contribution in [1.82, 2.24) is 0 Å². The lowest BCUT2D eigenvalue weighted by Crippen LogP contribution is -2.55. The zero-order valence-corrected chi connectivity index (χ0v) is 18.0. The Bertz CT molecular complexity index is 505. The zero-order chi connectivity index (χ0) is 15.1. The first-order valence-corrected chi connectivity index (χ1v) is 19.1. The molecular weight excluding hydrogens is 312 g/mol. The smallest absolute Gasteiger partial charge is 0.206 e. The summed E-state index contributed by atoms with van der Waals surface area (Å²) < 4.78 is 13.2. The van der Waals surface area contributed by atoms with Gasteiger partial charge in [0.25, 0.3) is 0 Å². The maximum Gasteiger partial charge on any atom is 0.206 e. The summed E-state index contributed by atoms with van der Waals surface area (Å²) in [6, 6.07) is 5.01. The van der Waals surface area contributed by atoms with Crippen LogP contribution in [0.4, 0.5) is 0 Å². The van der Waals surface area contributed by atoms with E-state index in [0.717, 1.165) is 0 Å². The molecule has 1 aromatic carbocycles. The number of fused-ring (bicyclic) bond motifs is 2. The van der Waals surface area contributed by atoms with Gasteiger partial charge in [-0.3, -0.25) is 0 Å². The number of hydrogen-bond donors (Lipinski definition) is 0. The van der Waals surface area contributed by atoms with Crippen LogP contribution >= 0.6 is 0 Å². The molecule has 2 aliphatic rings. The molecule has 6 heteroatoms. The minimum Gasteiger partial charge on any atom is -0.449 e. The van der Waals surface area contributed by atoms with E-state index in [0.29, 0.717) is 0 Å². The van der Waals surface area contributed by atoms with Crippen molar-refractivity contribution < 1.29 is 8.23 Å². The highest BCUT2D eigenvalue weighted by molar-refractivity contribution is 7.09. The quantitative estimate of drug-likeness (QED) is 0.666. The summed E-state index contributed by atoms with van der Waals surface area (Å²) in [5.74, 6) is 0. The average Bonchev–Trinajstić information content (AvgIpc) is 2.52. The number of rotatable bonds is 0. The summed E-state index contributed by atoms with van der Waals surface area (Å²) in [5.41, 5.74) is 0. The van der Waals surface area contributed by atoms with Crippen molar-refractivity contribution in [2.24, 2.45) is 0 Å². The van der Waals surface area contributed by atoms with Gasteiger partial charge < -0.3 is 8.23 Å². The van der Waals surface area contributed by atoms with Crippen LogP contribution in [0, 0.1) is 0 Å². The van der Waals surface area contributed by atoms with Crippen molar-refractivity contribution in [3.05, 3.63) is 12.1 Å². The molecule has 0 bridgehead atoms. The van der Waals surface area contributed by atoms with Crippen LogP contribution in [-0.4, -0.2) is 33.3 Å². The van der Waals surface area contributed by atoms with Crippen LogP contribution < -0.4 is 20.7 Å². The highest BCUT2D eigenvalue weighted by Crippen LogP contribution is 2.25. The Morgan fingerprint density at radius 1 is 0.500 bits per heavy atom. The van der Waals surface area contributed by atoms with Crippen molar-refractivity contribution in [2.45, 2.75) is 52.4 Å². The fraction of sp³-hybridized carbons (Fsp3) is 0.571. The summed E-state index contributed by atoms with van der Waals surface area (Å²) in [4.78, 5) is 0. The van der Waals surface area contributed by atoms with E-state index in [2.05, 4.69) is 64.5 Å². The summed E-state index contributed by atoms with van der Waals surface area (Å²) >= 11 is 0. The van der Waals surface area contributed by atoms with E-state index in [1.165, 1.54) is 0 Å². The SMILES string of the molecule is C[Si]1(C)O[Si](C)(C)c2cc3c(cc21)[Si](C)(C)O[Si]3(C)C. The molecule has 0 radical (unpaired) electrons. The van der Waals surface area contributed by atoms with Gasteiger partial charge in [-0.2, -0.15) is 0 Å². The lowest BCUT2D eigenvalue weighted by molar-refractivity contribution is 0.582. The molecular formula is C14H26O2Si4. The normalized spacial score (nSPS) is 27.2. The molecule has 0 atom stereocenters. The van der Waals surface area contributed by atoms with Crippen molar-refractivity contribution in [1.29, 1.82) is 0 Å². The van der Waals surface area contributed by atoms with Crippen molar-refractivity contribution in [2.75, 3.05) is 0 Å². The topological polar surface area (TPSA) is 18.5 Å². The highest BCUT2D eigenvalue weighted by Gasteiger charge is 2.52. The summed E-state index contributed by atoms with van der Waals surface area (Å²) in [5, 5.41) is 6.24. The van der Waals surface area contributed by atoms with Crippen LogP contribution in [0.5, 0.6) is 0 Å². The van der Waals surface area contributed by atoms with E-state index >= 15 is 0 Å². The van der Waals surface area contributed by atoms with Gasteiger partial charge in [-0.15, -0.1) is 0 Å². The molecule has 0 N–H and O–H groups in total. The first-order chi connectivity index (χ1) is 8.87. The first-order valence-electron chi connectivity index (χ1n) is 7.47. The van der Waals surface area contributed by atoms with Gasteiger partial charge in [-0.05, 0) is 73.1 Å². The van der Waals surface area contributed by atoms with Crippen LogP contribution in [0.1, 0.15) is 0 Å². The van der Waals surface area contributed by atoms with E-state index in [1.54, 1.807) is 20.7 Å². The van der Waals surface area contributed by atoms with Crippen molar-refractivity contribution >= 4 is 54.0 Å². The van der Waals surface area contributed by atoms with Crippen LogP contribution in [-0.2, 0) is 8.23 Å². The minimum absolute atomic E-state index is 1.56. The maximum absolute atomic E-state index is 6.59. The molecule has 1 aromatic rings. The third-order valence-corrected chi connectivity index (χ3v) is 20.3. The monoisotopic (exact) mass is 338 g/mol. The Morgan fingerprint density at radius 3 is 0.900 bits per heavy atom. The molecule has 2 heterocycles. The molecule has 0 aromatic heterocycles. The molecule has 110 valence electrons. The fourth-order valence-corrected chi connectivity index (χ4v) is 24.8. The first kappa shape index (κ1) is 14.9. The molecule has 0 unspecified atom stereocenters. The van der Waals surface area contributed by atoms with Crippen LogP contribution in [0.3, 0.4) is 0 Å². The molecule has 0 saturated heterocycles. The molecule has 2 nitrogen and oxygen atoms in total. The largest absolute Gasteiger partial charge is 0.449 e. The van der Waals surface area contributed by atoms with Crippen molar-refractivity contribution in [3.63, 3.8) is 0 Å². The Kier molecular flexibility index (Phi) is 2.87. The van der Waals surface area contributed by atoms with Gasteiger partial charge in [-0.25, -0.2) is 0 Å². The Hall–Kier alpha value is 0.00753. The third-order valence-electron chi connectivity index (χ3n) is 4.77. The zero-order valence-electron chi connectivity index (χ0n) is 14.0. The maximum atomic E-state index is 6.59. The molecule has 3 rings (SSSR count). The van der Waals surface area contributed by atoms with Crippen molar-refractivity contribution in [3.8, 4) is 0 Å². The van der Waals surface area contributed by atoms with E-state index < -0.39 is 33.3 Å². The number of benzene rings is 1. The lowest BCUT2D eigenvalue weighted by Gasteiger charge is -2.24. The third kappa shape index (κ3) is 1.93. The average molecular weight is 339 g/mol. The Labute approximate surface area is 127 Å². The molecule has 0 spiro atoms. The van der Waals surface area contributed by atoms with Gasteiger partial charge >= 0.3 is 0 Å². The van der Waals surface area contributed by atoms with Gasteiger partial charge in [0.15, 0.2) is 0 Å². The van der Waals surface area contributed by atoms with E-state index in [4.69, 9.17) is 8.23 Å². The van der Waals surface area contributed by atoms with Gasteiger partial charge in [0.2, 0.25) is 33.3 Å². The molecule has 20 heavy (non-hydrogen) atoms. The minimum atomic E-state index is -1.70. The van der Waals surface area contributed by atoms with Crippen LogP contribution in [0.2, 0.25) is 52.4 Å². The van der Waals surface area contributed by atoms with E-state index in [-0.39, 0.29) is 0 Å². The second-order valence-electron chi connectivity index (χ2n) is 8.19. The van der Waals surface area contributed by atoms with Crippen LogP contribution in [0.25, 0.3) is 0 Å². The fourth-order valence-electron chi connectivity index (χ4n) is 4.09. The van der Waals surface area contributed by atoms with Crippen LogP contribution in [0.15, 0.2) is 12.1 Å². The van der Waals surface area contributed by atoms with Gasteiger partial charge in [0, 0.05) is 0 Å². The second kappa shape index (κ2) is 3.85. The van der Waals surface area contributed by atoms with Gasteiger partial charge in [0.1, 0.15) is 0 Å². The van der Waals surface area contributed by atoms with E-state index in [9.17, 15) is 0 Å². The van der Waals surface area contributed by atoms with Gasteiger partial charge in [-0.1, -0.05) is 12.1 Å².